The van der Waals surface area contributed by atoms with Gasteiger partial charge in [-0.2, -0.15) is 0 Å². The minimum Gasteiger partial charge on any atom is -0.379 e. The van der Waals surface area contributed by atoms with E-state index in [0.29, 0.717) is 28.5 Å². The number of carbonyl (C=O) groups is 1. The highest BCUT2D eigenvalue weighted by molar-refractivity contribution is 7.98. The Balaban J connectivity index is 1.24. The predicted octanol–water partition coefficient (Wildman–Crippen LogP) is 5.36. The van der Waals surface area contributed by atoms with Gasteiger partial charge in [-0.15, -0.1) is 10.2 Å². The minimum atomic E-state index is -0.313. The van der Waals surface area contributed by atoms with Gasteiger partial charge in [0, 0.05) is 55.7 Å². The highest BCUT2D eigenvalue weighted by Crippen LogP contribution is 2.34. The van der Waals surface area contributed by atoms with Crippen LogP contribution in [-0.2, 0) is 9.53 Å². The smallest absolute Gasteiger partial charge is 0.247 e. The van der Waals surface area contributed by atoms with Gasteiger partial charge >= 0.3 is 0 Å². The molecular weight excluding hydrogens is 579 g/mol. The summed E-state index contributed by atoms with van der Waals surface area (Å²) in [6, 6.07) is 16.5. The van der Waals surface area contributed by atoms with E-state index in [0.717, 1.165) is 74.9 Å². The second-order valence-corrected chi connectivity index (χ2v) is 11.4. The number of aromatic nitrogens is 4. The molecule has 2 saturated heterocycles. The topological polar surface area (TPSA) is 100 Å². The number of carbonyl (C=O) groups excluding carboxylic acids is 1. The van der Waals surface area contributed by atoms with Crippen LogP contribution in [0, 0.1) is 5.82 Å². The number of halogens is 1. The van der Waals surface area contributed by atoms with Gasteiger partial charge in [0.1, 0.15) is 11.6 Å². The zero-order valence-corrected chi connectivity index (χ0v) is 25.4. The standard InChI is InChI=1S/C32H35FN8O2S/c1-3-30(42)36-27-20-24(8-9-28(27)40-14-11-25(12-15-40)39-16-18-43-19-17-39)35-29-21-26(10-13-34-29)41-31(37-38-32(41)44-2)22-4-6-23(33)7-5-22/h3-10,13,20-21,25H,1,11-12,14-19H2,2H3,(H,34,35)(H,36,42). The summed E-state index contributed by atoms with van der Waals surface area (Å²) in [5.74, 6) is 0.626. The first-order valence-corrected chi connectivity index (χ1v) is 15.9. The third-order valence-electron chi connectivity index (χ3n) is 8.00. The molecular formula is C32H35FN8O2S. The maximum absolute atomic E-state index is 13.6. The lowest BCUT2D eigenvalue weighted by molar-refractivity contribution is -0.111. The lowest BCUT2D eigenvalue weighted by atomic mass is 10.0. The molecule has 0 aliphatic carbocycles. The summed E-state index contributed by atoms with van der Waals surface area (Å²) in [7, 11) is 0. The Morgan fingerprint density at radius 1 is 1.05 bits per heavy atom. The van der Waals surface area contributed by atoms with Gasteiger partial charge in [0.25, 0.3) is 0 Å². The Morgan fingerprint density at radius 3 is 2.55 bits per heavy atom. The maximum Gasteiger partial charge on any atom is 0.247 e. The molecule has 0 radical (unpaired) electrons. The quantitative estimate of drug-likeness (QED) is 0.191. The number of benzene rings is 2. The molecule has 12 heteroatoms. The largest absolute Gasteiger partial charge is 0.379 e. The van der Waals surface area contributed by atoms with E-state index >= 15 is 0 Å². The highest BCUT2D eigenvalue weighted by Gasteiger charge is 2.27. The average molecular weight is 615 g/mol. The van der Waals surface area contributed by atoms with E-state index in [1.54, 1.807) is 18.3 Å². The van der Waals surface area contributed by atoms with Crippen LogP contribution in [0.4, 0.5) is 27.3 Å². The van der Waals surface area contributed by atoms with Crippen LogP contribution in [0.3, 0.4) is 0 Å². The van der Waals surface area contributed by atoms with Gasteiger partial charge in [-0.3, -0.25) is 14.3 Å². The van der Waals surface area contributed by atoms with Crippen LogP contribution in [0.2, 0.25) is 0 Å². The van der Waals surface area contributed by atoms with Crippen molar-refractivity contribution >= 4 is 40.5 Å². The van der Waals surface area contributed by atoms with Gasteiger partial charge < -0.3 is 20.3 Å². The van der Waals surface area contributed by atoms with Crippen LogP contribution in [0.1, 0.15) is 12.8 Å². The van der Waals surface area contributed by atoms with E-state index in [1.807, 2.05) is 41.2 Å². The highest BCUT2D eigenvalue weighted by atomic mass is 32.2. The number of ether oxygens (including phenoxy) is 1. The van der Waals surface area contributed by atoms with Crippen molar-refractivity contribution in [3.63, 3.8) is 0 Å². The molecule has 2 aliphatic rings. The molecule has 0 spiro atoms. The van der Waals surface area contributed by atoms with Gasteiger partial charge in [0.05, 0.1) is 30.3 Å². The van der Waals surface area contributed by atoms with E-state index in [1.165, 1.54) is 30.0 Å². The zero-order valence-electron chi connectivity index (χ0n) is 24.6. The van der Waals surface area contributed by atoms with Crippen molar-refractivity contribution in [2.24, 2.45) is 0 Å². The van der Waals surface area contributed by atoms with Gasteiger partial charge in [-0.25, -0.2) is 9.37 Å². The molecule has 0 atom stereocenters. The first-order chi connectivity index (χ1) is 21.5. The molecule has 4 aromatic rings. The molecule has 44 heavy (non-hydrogen) atoms. The molecule has 2 fully saturated rings. The summed E-state index contributed by atoms with van der Waals surface area (Å²) in [5.41, 5.74) is 4.01. The second-order valence-electron chi connectivity index (χ2n) is 10.7. The summed E-state index contributed by atoms with van der Waals surface area (Å²) in [6.07, 6.45) is 7.05. The van der Waals surface area contributed by atoms with Crippen LogP contribution in [0.15, 0.2) is 78.6 Å². The molecule has 0 unspecified atom stereocenters. The monoisotopic (exact) mass is 614 g/mol. The molecule has 0 saturated carbocycles. The normalized spacial score (nSPS) is 16.1. The van der Waals surface area contributed by atoms with Crippen LogP contribution < -0.4 is 15.5 Å². The molecule has 2 aliphatic heterocycles. The molecule has 228 valence electrons. The number of nitrogens with zero attached hydrogens (tertiary/aromatic N) is 6. The van der Waals surface area contributed by atoms with Crippen molar-refractivity contribution in [2.75, 3.05) is 61.2 Å². The number of thioether (sulfide) groups is 1. The lowest BCUT2D eigenvalue weighted by Gasteiger charge is -2.41. The Kier molecular flexibility index (Phi) is 9.20. The van der Waals surface area contributed by atoms with Crippen molar-refractivity contribution in [3.8, 4) is 17.1 Å². The van der Waals surface area contributed by atoms with E-state index in [9.17, 15) is 9.18 Å². The van der Waals surface area contributed by atoms with Crippen molar-refractivity contribution in [1.82, 2.24) is 24.6 Å². The van der Waals surface area contributed by atoms with E-state index < -0.39 is 0 Å². The van der Waals surface area contributed by atoms with Crippen molar-refractivity contribution in [1.29, 1.82) is 0 Å². The summed E-state index contributed by atoms with van der Waals surface area (Å²) in [5, 5.41) is 15.8. The van der Waals surface area contributed by atoms with Crippen molar-refractivity contribution in [3.05, 3.63) is 79.3 Å². The number of nitrogens with one attached hydrogen (secondary N) is 2. The minimum absolute atomic E-state index is 0.266. The molecule has 6 rings (SSSR count). The number of pyridine rings is 1. The third-order valence-corrected chi connectivity index (χ3v) is 8.63. The molecule has 10 nitrogen and oxygen atoms in total. The number of piperidine rings is 1. The number of anilines is 4. The Bertz CT molecular complexity index is 1610. The molecule has 0 bridgehead atoms. The summed E-state index contributed by atoms with van der Waals surface area (Å²) in [6.45, 7) is 9.03. The van der Waals surface area contributed by atoms with Crippen LogP contribution in [-0.4, -0.2) is 82.2 Å². The molecule has 1 amide bonds. The third kappa shape index (κ3) is 6.62. The first-order valence-electron chi connectivity index (χ1n) is 14.7. The van der Waals surface area contributed by atoms with Gasteiger partial charge in [-0.1, -0.05) is 18.3 Å². The van der Waals surface area contributed by atoms with Crippen molar-refractivity contribution < 1.29 is 13.9 Å². The molecule has 2 N–H and O–H groups in total. The van der Waals surface area contributed by atoms with Gasteiger partial charge in [0.2, 0.25) is 5.91 Å². The van der Waals surface area contributed by atoms with Gasteiger partial charge in [-0.05, 0) is 73.7 Å². The fourth-order valence-electron chi connectivity index (χ4n) is 5.78. The summed E-state index contributed by atoms with van der Waals surface area (Å²) < 4.78 is 21.0. The van der Waals surface area contributed by atoms with E-state index in [4.69, 9.17) is 4.74 Å². The van der Waals surface area contributed by atoms with Crippen LogP contribution in [0.25, 0.3) is 17.1 Å². The summed E-state index contributed by atoms with van der Waals surface area (Å²) >= 11 is 1.46. The van der Waals surface area contributed by atoms with E-state index in [2.05, 4.69) is 42.2 Å². The zero-order chi connectivity index (χ0) is 30.5. The Morgan fingerprint density at radius 2 is 1.82 bits per heavy atom. The maximum atomic E-state index is 13.6. The number of amides is 1. The summed E-state index contributed by atoms with van der Waals surface area (Å²) in [4.78, 5) is 21.8. The fraction of sp³-hybridized carbons (Fsp3) is 0.312. The van der Waals surface area contributed by atoms with Crippen LogP contribution in [0.5, 0.6) is 0 Å². The lowest BCUT2D eigenvalue weighted by Crippen LogP contribution is -2.49. The number of rotatable bonds is 9. The van der Waals surface area contributed by atoms with E-state index in [-0.39, 0.29) is 11.7 Å². The molecule has 2 aromatic heterocycles. The van der Waals surface area contributed by atoms with Gasteiger partial charge in [0.15, 0.2) is 11.0 Å². The number of morpholine rings is 1. The first kappa shape index (κ1) is 29.8. The average Bonchev–Trinajstić information content (AvgIpc) is 3.50. The SMILES string of the molecule is C=CC(=O)Nc1cc(Nc2cc(-n3c(SC)nnc3-c3ccc(F)cc3)ccn2)ccc1N1CCC(N2CCOCC2)CC1. The van der Waals surface area contributed by atoms with Crippen LogP contribution >= 0.6 is 11.8 Å². The number of hydrogen-bond acceptors (Lipinski definition) is 9. The Labute approximate surface area is 260 Å². The predicted molar refractivity (Wildman–Crippen MR) is 173 cm³/mol. The Hall–Kier alpha value is -4.26. The van der Waals surface area contributed by atoms with Crippen molar-refractivity contribution in [2.45, 2.75) is 24.0 Å². The fourth-order valence-corrected chi connectivity index (χ4v) is 6.28. The molecule has 2 aromatic carbocycles. The second kappa shape index (κ2) is 13.6. The number of hydrogen-bond donors (Lipinski definition) is 2. The molecule has 4 heterocycles.